The minimum Gasteiger partial charge on any atom is -0.493 e. The van der Waals surface area contributed by atoms with Gasteiger partial charge < -0.3 is 29.2 Å². The molecule has 6 rings (SSSR count). The Bertz CT molecular complexity index is 1510. The summed E-state index contributed by atoms with van der Waals surface area (Å²) in [4.78, 5) is 16.9. The summed E-state index contributed by atoms with van der Waals surface area (Å²) < 4.78 is 19.3. The topological polar surface area (TPSA) is 94.8 Å². The summed E-state index contributed by atoms with van der Waals surface area (Å²) in [5.41, 5.74) is 3.17. The number of carboxylic acid groups (broad SMARTS) is 1. The van der Waals surface area contributed by atoms with Gasteiger partial charge in [-0.25, -0.2) is 4.98 Å². The van der Waals surface area contributed by atoms with Crippen LogP contribution in [-0.4, -0.2) is 40.6 Å². The monoisotopic (exact) mass is 525 g/mol. The molecule has 2 aromatic heterocycles. The van der Waals surface area contributed by atoms with Crippen LogP contribution in [0.25, 0.3) is 10.9 Å². The van der Waals surface area contributed by atoms with Crippen molar-refractivity contribution in [2.24, 2.45) is 0 Å². The molecule has 39 heavy (non-hydrogen) atoms. The van der Waals surface area contributed by atoms with E-state index in [1.807, 2.05) is 65.4 Å². The first kappa shape index (κ1) is 24.9. The van der Waals surface area contributed by atoms with Crippen LogP contribution in [0.4, 0.5) is 5.82 Å². The highest BCUT2D eigenvalue weighted by atomic mass is 16.7. The fourth-order valence-electron chi connectivity index (χ4n) is 5.56. The maximum absolute atomic E-state index is 12.2. The van der Waals surface area contributed by atoms with Crippen molar-refractivity contribution in [1.29, 1.82) is 0 Å². The van der Waals surface area contributed by atoms with Crippen LogP contribution >= 0.6 is 0 Å². The van der Waals surface area contributed by atoms with Gasteiger partial charge in [-0.15, -0.1) is 0 Å². The number of pyridine rings is 1. The lowest BCUT2D eigenvalue weighted by Crippen LogP contribution is -2.40. The Morgan fingerprint density at radius 2 is 2.03 bits per heavy atom. The maximum Gasteiger partial charge on any atom is 0.306 e. The van der Waals surface area contributed by atoms with Gasteiger partial charge in [-0.05, 0) is 54.3 Å². The van der Waals surface area contributed by atoms with E-state index in [4.69, 9.17) is 19.2 Å². The molecule has 0 fully saturated rings. The molecule has 0 saturated heterocycles. The second-order valence-corrected chi connectivity index (χ2v) is 10.0. The van der Waals surface area contributed by atoms with Crippen LogP contribution in [0.3, 0.4) is 0 Å². The Labute approximate surface area is 226 Å². The standard InChI is InChI=1S/C31H31N3O5/c35-29(36)19-31(28-20-37-21-39-28,18-22-5-2-1-3-6-22)34-15-12-24-17-26(10-11-27(24)34)38-16-13-25-9-8-23-7-4-14-32-30(23)33-25/h1-3,5-6,8-12,15,17,20H,4,7,13-14,16,18-19,21H2,(H,32,33)(H,35,36). The Kier molecular flexibility index (Phi) is 6.84. The molecule has 8 nitrogen and oxygen atoms in total. The van der Waals surface area contributed by atoms with Gasteiger partial charge in [0.25, 0.3) is 0 Å². The van der Waals surface area contributed by atoms with Gasteiger partial charge >= 0.3 is 5.97 Å². The van der Waals surface area contributed by atoms with Gasteiger partial charge in [0.2, 0.25) is 6.79 Å². The van der Waals surface area contributed by atoms with Crippen molar-refractivity contribution in [1.82, 2.24) is 9.55 Å². The molecule has 2 aliphatic heterocycles. The number of nitrogens with zero attached hydrogens (tertiary/aromatic N) is 2. The lowest BCUT2D eigenvalue weighted by molar-refractivity contribution is -0.139. The molecule has 0 aliphatic carbocycles. The number of rotatable bonds is 10. The summed E-state index contributed by atoms with van der Waals surface area (Å²) in [5.74, 6) is 1.32. The quantitative estimate of drug-likeness (QED) is 0.291. The lowest BCUT2D eigenvalue weighted by Gasteiger charge is -2.35. The average molecular weight is 526 g/mol. The summed E-state index contributed by atoms with van der Waals surface area (Å²) >= 11 is 0. The molecule has 200 valence electrons. The average Bonchev–Trinajstić information content (AvgIpc) is 3.64. The van der Waals surface area contributed by atoms with Crippen molar-refractivity contribution >= 4 is 22.7 Å². The number of aryl methyl sites for hydroxylation is 1. The molecule has 0 saturated carbocycles. The fraction of sp³-hybridized carbons (Fsp3) is 0.290. The molecule has 2 aliphatic rings. The van der Waals surface area contributed by atoms with Gasteiger partial charge in [0.05, 0.1) is 13.0 Å². The van der Waals surface area contributed by atoms with E-state index < -0.39 is 11.5 Å². The van der Waals surface area contributed by atoms with Gasteiger partial charge in [0.1, 0.15) is 23.4 Å². The van der Waals surface area contributed by atoms with Gasteiger partial charge in [0, 0.05) is 42.2 Å². The molecule has 4 heterocycles. The van der Waals surface area contributed by atoms with Gasteiger partial charge in [-0.3, -0.25) is 4.79 Å². The number of hydrogen-bond acceptors (Lipinski definition) is 6. The van der Waals surface area contributed by atoms with Crippen molar-refractivity contribution in [2.45, 2.75) is 37.6 Å². The second-order valence-electron chi connectivity index (χ2n) is 10.0. The van der Waals surface area contributed by atoms with Gasteiger partial charge in [-0.1, -0.05) is 36.4 Å². The number of aromatic nitrogens is 2. The Morgan fingerprint density at radius 3 is 2.85 bits per heavy atom. The van der Waals surface area contributed by atoms with E-state index in [1.54, 1.807) is 6.26 Å². The predicted molar refractivity (Wildman–Crippen MR) is 148 cm³/mol. The summed E-state index contributed by atoms with van der Waals surface area (Å²) in [6, 6.07) is 22.0. The zero-order valence-corrected chi connectivity index (χ0v) is 21.6. The van der Waals surface area contributed by atoms with Crippen LogP contribution in [-0.2, 0) is 39.1 Å². The molecule has 0 radical (unpaired) electrons. The first-order chi connectivity index (χ1) is 19.1. The Balaban J connectivity index is 1.26. The predicted octanol–water partition coefficient (Wildman–Crippen LogP) is 5.27. The van der Waals surface area contributed by atoms with Crippen LogP contribution in [0.15, 0.2) is 84.9 Å². The molecule has 2 N–H and O–H groups in total. The van der Waals surface area contributed by atoms with Crippen molar-refractivity contribution in [3.63, 3.8) is 0 Å². The van der Waals surface area contributed by atoms with Crippen molar-refractivity contribution in [2.75, 3.05) is 25.3 Å². The number of hydrogen-bond donors (Lipinski definition) is 2. The first-order valence-electron chi connectivity index (χ1n) is 13.3. The summed E-state index contributed by atoms with van der Waals surface area (Å²) in [6.07, 6.45) is 6.65. The highest BCUT2D eigenvalue weighted by Gasteiger charge is 2.43. The van der Waals surface area contributed by atoms with E-state index in [1.165, 1.54) is 5.56 Å². The Morgan fingerprint density at radius 1 is 1.13 bits per heavy atom. The first-order valence-corrected chi connectivity index (χ1v) is 13.3. The van der Waals surface area contributed by atoms with E-state index in [-0.39, 0.29) is 13.2 Å². The summed E-state index contributed by atoms with van der Waals surface area (Å²) in [5, 5.41) is 14.3. The van der Waals surface area contributed by atoms with Crippen molar-refractivity contribution in [3.8, 4) is 5.75 Å². The highest BCUT2D eigenvalue weighted by molar-refractivity contribution is 5.83. The zero-order chi connectivity index (χ0) is 26.7. The van der Waals surface area contributed by atoms with E-state index >= 15 is 0 Å². The van der Waals surface area contributed by atoms with Gasteiger partial charge in [-0.2, -0.15) is 0 Å². The molecule has 1 atom stereocenters. The number of ether oxygens (including phenoxy) is 3. The highest BCUT2D eigenvalue weighted by Crippen LogP contribution is 2.40. The number of carbonyl (C=O) groups is 1. The van der Waals surface area contributed by atoms with Crippen LogP contribution < -0.4 is 10.1 Å². The van der Waals surface area contributed by atoms with E-state index in [0.717, 1.165) is 53.1 Å². The molecular formula is C31H31N3O5. The minimum absolute atomic E-state index is 0.0673. The van der Waals surface area contributed by atoms with Crippen LogP contribution in [0.2, 0.25) is 0 Å². The van der Waals surface area contributed by atoms with Crippen LogP contribution in [0.1, 0.15) is 29.7 Å². The maximum atomic E-state index is 12.2. The summed E-state index contributed by atoms with van der Waals surface area (Å²) in [7, 11) is 0. The third kappa shape index (κ3) is 5.14. The molecule has 2 aromatic carbocycles. The lowest BCUT2D eigenvalue weighted by atomic mass is 9.85. The van der Waals surface area contributed by atoms with Crippen molar-refractivity contribution < 1.29 is 24.1 Å². The molecule has 1 unspecified atom stereocenters. The second kappa shape index (κ2) is 10.7. The van der Waals surface area contributed by atoms with E-state index in [0.29, 0.717) is 25.2 Å². The van der Waals surface area contributed by atoms with E-state index in [2.05, 4.69) is 17.4 Å². The number of nitrogens with one attached hydrogen (secondary N) is 1. The normalized spacial score (nSPS) is 15.8. The third-order valence-electron chi connectivity index (χ3n) is 7.42. The molecule has 0 bridgehead atoms. The third-order valence-corrected chi connectivity index (χ3v) is 7.42. The van der Waals surface area contributed by atoms with E-state index in [9.17, 15) is 9.90 Å². The molecule has 0 spiro atoms. The fourth-order valence-corrected chi connectivity index (χ4v) is 5.56. The number of fused-ring (bicyclic) bond motifs is 2. The number of aliphatic carboxylic acids is 1. The SMILES string of the molecule is O=C(O)CC(Cc1ccccc1)(C1=COCO1)n1ccc2cc(OCCc3ccc4c(n3)NCCC4)ccc21. The number of allylic oxidation sites excluding steroid dienone is 1. The molecule has 4 aromatic rings. The molecular weight excluding hydrogens is 494 g/mol. The largest absolute Gasteiger partial charge is 0.493 e. The molecule has 0 amide bonds. The number of anilines is 1. The minimum atomic E-state index is -1.00. The van der Waals surface area contributed by atoms with Crippen LogP contribution in [0, 0.1) is 0 Å². The number of carboxylic acids is 1. The summed E-state index contributed by atoms with van der Waals surface area (Å²) in [6.45, 7) is 1.54. The Hall–Kier alpha value is -4.46. The van der Waals surface area contributed by atoms with Crippen LogP contribution in [0.5, 0.6) is 5.75 Å². The zero-order valence-electron chi connectivity index (χ0n) is 21.6. The molecule has 8 heteroatoms. The smallest absolute Gasteiger partial charge is 0.306 e. The van der Waals surface area contributed by atoms with Crippen molar-refractivity contribution in [3.05, 3.63) is 102 Å². The number of benzene rings is 2. The van der Waals surface area contributed by atoms with Gasteiger partial charge in [0.15, 0.2) is 5.76 Å².